The van der Waals surface area contributed by atoms with Crippen LogP contribution in [0.4, 0.5) is 0 Å². The van der Waals surface area contributed by atoms with Gasteiger partial charge in [-0.3, -0.25) is 0 Å². The van der Waals surface area contributed by atoms with Crippen LogP contribution in [0.3, 0.4) is 0 Å². The van der Waals surface area contributed by atoms with Gasteiger partial charge in [0.05, 0.1) is 18.8 Å². The summed E-state index contributed by atoms with van der Waals surface area (Å²) in [5.41, 5.74) is 6.17. The number of hydrogen-bond donors (Lipinski definition) is 1. The molecule has 1 aromatic carbocycles. The minimum Gasteiger partial charge on any atom is -0.377 e. The number of benzene rings is 1. The summed E-state index contributed by atoms with van der Waals surface area (Å²) in [5.74, 6) is 0. The normalized spacial score (nSPS) is 14.2. The van der Waals surface area contributed by atoms with Gasteiger partial charge in [-0.15, -0.1) is 0 Å². The van der Waals surface area contributed by atoms with Gasteiger partial charge < -0.3 is 15.4 Å². The Bertz CT molecular complexity index is 427. The summed E-state index contributed by atoms with van der Waals surface area (Å²) in [6.07, 6.45) is 0.853. The van der Waals surface area contributed by atoms with Crippen molar-refractivity contribution in [2.75, 3.05) is 26.7 Å². The van der Waals surface area contributed by atoms with Gasteiger partial charge in [-0.2, -0.15) is 5.26 Å². The third-order valence-corrected chi connectivity index (χ3v) is 3.30. The van der Waals surface area contributed by atoms with Gasteiger partial charge in [0, 0.05) is 13.1 Å². The Hall–Kier alpha value is -1.41. The third-order valence-electron chi connectivity index (χ3n) is 3.30. The van der Waals surface area contributed by atoms with Gasteiger partial charge in [0.1, 0.15) is 5.54 Å². The van der Waals surface area contributed by atoms with Crippen LogP contribution in [-0.4, -0.2) is 37.7 Å². The number of ether oxygens (including phenoxy) is 1. The highest BCUT2D eigenvalue weighted by Crippen LogP contribution is 2.21. The molecule has 0 spiro atoms. The van der Waals surface area contributed by atoms with Gasteiger partial charge in [0.2, 0.25) is 0 Å². The maximum absolute atomic E-state index is 9.38. The van der Waals surface area contributed by atoms with E-state index < -0.39 is 5.54 Å². The summed E-state index contributed by atoms with van der Waals surface area (Å²) in [6, 6.07) is 11.8. The van der Waals surface area contributed by atoms with Crippen molar-refractivity contribution in [1.29, 1.82) is 5.26 Å². The first-order chi connectivity index (χ1) is 9.48. The lowest BCUT2D eigenvalue weighted by atomic mass is 9.89. The van der Waals surface area contributed by atoms with Gasteiger partial charge in [0.15, 0.2) is 0 Å². The van der Waals surface area contributed by atoms with Crippen molar-refractivity contribution in [2.24, 2.45) is 5.73 Å². The van der Waals surface area contributed by atoms with Crippen molar-refractivity contribution in [3.05, 3.63) is 35.9 Å². The Morgan fingerprint density at radius 3 is 2.50 bits per heavy atom. The van der Waals surface area contributed by atoms with Crippen LogP contribution < -0.4 is 5.73 Å². The number of nitrogens with zero attached hydrogens (tertiary/aromatic N) is 2. The Labute approximate surface area is 122 Å². The lowest BCUT2D eigenvalue weighted by molar-refractivity contribution is 0.0630. The smallest absolute Gasteiger partial charge is 0.131 e. The van der Waals surface area contributed by atoms with E-state index in [9.17, 15) is 5.26 Å². The predicted octanol–water partition coefficient (Wildman–Crippen LogP) is 2.11. The zero-order valence-electron chi connectivity index (χ0n) is 12.7. The molecule has 20 heavy (non-hydrogen) atoms. The summed E-state index contributed by atoms with van der Waals surface area (Å²) < 4.78 is 5.52. The molecular formula is C16H25N3O. The highest BCUT2D eigenvalue weighted by Gasteiger charge is 2.26. The van der Waals surface area contributed by atoms with Gasteiger partial charge in [0.25, 0.3) is 0 Å². The first-order valence-corrected chi connectivity index (χ1v) is 7.04. The standard InChI is InChI=1S/C16H25N3O/c1-14(2)20-12-11-19(3)10-9-16(18,13-17)15-7-5-4-6-8-15/h4-8,14H,9-12,18H2,1-3H3. The molecule has 0 radical (unpaired) electrons. The number of nitrogens with two attached hydrogens (primary N) is 1. The minimum absolute atomic E-state index is 0.250. The first kappa shape index (κ1) is 16.6. The van der Waals surface area contributed by atoms with Crippen LogP contribution in [0.15, 0.2) is 30.3 Å². The molecule has 0 fully saturated rings. The molecule has 0 amide bonds. The van der Waals surface area contributed by atoms with E-state index in [0.29, 0.717) is 13.0 Å². The second-order valence-corrected chi connectivity index (χ2v) is 5.42. The Morgan fingerprint density at radius 2 is 1.95 bits per heavy atom. The Balaban J connectivity index is 2.47. The molecule has 0 aliphatic carbocycles. The SMILES string of the molecule is CC(C)OCCN(C)CCC(N)(C#N)c1ccccc1. The van der Waals surface area contributed by atoms with Crippen molar-refractivity contribution in [3.63, 3.8) is 0 Å². The van der Waals surface area contributed by atoms with Crippen LogP contribution in [0.1, 0.15) is 25.8 Å². The molecule has 0 bridgehead atoms. The number of likely N-dealkylation sites (N-methyl/N-ethyl adjacent to an activating group) is 1. The van der Waals surface area contributed by atoms with Crippen LogP contribution in [-0.2, 0) is 10.3 Å². The molecule has 1 unspecified atom stereocenters. The Morgan fingerprint density at radius 1 is 1.30 bits per heavy atom. The fraction of sp³-hybridized carbons (Fsp3) is 0.562. The molecule has 4 nitrogen and oxygen atoms in total. The van der Waals surface area contributed by atoms with Crippen LogP contribution in [0, 0.1) is 11.3 Å². The maximum atomic E-state index is 9.38. The lowest BCUT2D eigenvalue weighted by Gasteiger charge is -2.25. The van der Waals surface area contributed by atoms with Gasteiger partial charge in [-0.05, 0) is 32.9 Å². The van der Waals surface area contributed by atoms with Crippen molar-refractivity contribution in [3.8, 4) is 6.07 Å². The summed E-state index contributed by atoms with van der Waals surface area (Å²) >= 11 is 0. The quantitative estimate of drug-likeness (QED) is 0.789. The summed E-state index contributed by atoms with van der Waals surface area (Å²) in [6.45, 7) is 6.35. The molecule has 0 aromatic heterocycles. The van der Waals surface area contributed by atoms with Crippen molar-refractivity contribution >= 4 is 0 Å². The maximum Gasteiger partial charge on any atom is 0.131 e. The number of nitriles is 1. The van der Waals surface area contributed by atoms with Crippen LogP contribution >= 0.6 is 0 Å². The van der Waals surface area contributed by atoms with Gasteiger partial charge in [-0.25, -0.2) is 0 Å². The molecule has 0 heterocycles. The van der Waals surface area contributed by atoms with Crippen LogP contribution in [0.2, 0.25) is 0 Å². The fourth-order valence-electron chi connectivity index (χ4n) is 1.92. The van der Waals surface area contributed by atoms with E-state index in [1.165, 1.54) is 0 Å². The molecule has 2 N–H and O–H groups in total. The molecule has 110 valence electrons. The average molecular weight is 275 g/mol. The monoisotopic (exact) mass is 275 g/mol. The summed E-state index contributed by atoms with van der Waals surface area (Å²) in [7, 11) is 2.02. The zero-order valence-corrected chi connectivity index (χ0v) is 12.7. The molecule has 4 heteroatoms. The van der Waals surface area contributed by atoms with E-state index in [0.717, 1.165) is 18.7 Å². The predicted molar refractivity (Wildman–Crippen MR) is 81.1 cm³/mol. The van der Waals surface area contributed by atoms with E-state index in [1.807, 2.05) is 51.2 Å². The van der Waals surface area contributed by atoms with Crippen molar-refractivity contribution in [1.82, 2.24) is 4.90 Å². The van der Waals surface area contributed by atoms with E-state index in [-0.39, 0.29) is 6.10 Å². The van der Waals surface area contributed by atoms with Crippen LogP contribution in [0.25, 0.3) is 0 Å². The largest absolute Gasteiger partial charge is 0.377 e. The van der Waals surface area contributed by atoms with Crippen molar-refractivity contribution in [2.45, 2.75) is 31.9 Å². The van der Waals surface area contributed by atoms with Gasteiger partial charge >= 0.3 is 0 Å². The lowest BCUT2D eigenvalue weighted by Crippen LogP contribution is -2.39. The van der Waals surface area contributed by atoms with E-state index in [4.69, 9.17) is 10.5 Å². The van der Waals surface area contributed by atoms with E-state index in [2.05, 4.69) is 11.0 Å². The Kier molecular flexibility index (Phi) is 6.66. The van der Waals surface area contributed by atoms with E-state index >= 15 is 0 Å². The molecule has 1 aromatic rings. The second-order valence-electron chi connectivity index (χ2n) is 5.42. The number of rotatable bonds is 8. The molecule has 0 aliphatic rings. The average Bonchev–Trinajstić information content (AvgIpc) is 2.45. The first-order valence-electron chi connectivity index (χ1n) is 7.04. The molecular weight excluding hydrogens is 250 g/mol. The fourth-order valence-corrected chi connectivity index (χ4v) is 1.92. The summed E-state index contributed by atoms with van der Waals surface area (Å²) in [5, 5.41) is 9.38. The molecule has 0 saturated carbocycles. The topological polar surface area (TPSA) is 62.3 Å². The van der Waals surface area contributed by atoms with Crippen molar-refractivity contribution < 1.29 is 4.74 Å². The van der Waals surface area contributed by atoms with Gasteiger partial charge in [-0.1, -0.05) is 30.3 Å². The van der Waals surface area contributed by atoms with Crippen LogP contribution in [0.5, 0.6) is 0 Å². The molecule has 0 saturated heterocycles. The number of hydrogen-bond acceptors (Lipinski definition) is 4. The molecule has 1 atom stereocenters. The second kappa shape index (κ2) is 8.01. The molecule has 0 aliphatic heterocycles. The minimum atomic E-state index is -0.922. The third kappa shape index (κ3) is 5.30. The molecule has 1 rings (SSSR count). The highest BCUT2D eigenvalue weighted by molar-refractivity contribution is 5.30. The highest BCUT2D eigenvalue weighted by atomic mass is 16.5. The zero-order chi connectivity index (χ0) is 15.0. The van der Waals surface area contributed by atoms with E-state index in [1.54, 1.807) is 0 Å². The summed E-state index contributed by atoms with van der Waals surface area (Å²) in [4.78, 5) is 2.14.